The van der Waals surface area contributed by atoms with Crippen molar-refractivity contribution in [3.8, 4) is 11.1 Å². The van der Waals surface area contributed by atoms with Crippen molar-refractivity contribution in [2.24, 2.45) is 4.99 Å². The van der Waals surface area contributed by atoms with Gasteiger partial charge in [-0.2, -0.15) is 4.99 Å². The van der Waals surface area contributed by atoms with E-state index >= 15 is 0 Å². The maximum absolute atomic E-state index is 12.8. The van der Waals surface area contributed by atoms with Crippen molar-refractivity contribution < 1.29 is 17.9 Å². The highest BCUT2D eigenvalue weighted by molar-refractivity contribution is 7.90. The number of hydrogen-bond acceptors (Lipinski definition) is 5. The highest BCUT2D eigenvalue weighted by atomic mass is 32.2. The van der Waals surface area contributed by atoms with Crippen LogP contribution in [0.4, 0.5) is 0 Å². The summed E-state index contributed by atoms with van der Waals surface area (Å²) < 4.78 is 31.7. The standard InChI is InChI=1S/C25H24N2O4S2/c1-31-15-14-27-22-13-12-21(33(2,29)30)17-23(22)32-25(27)26-24(28)16-18-8-10-20(11-9-18)19-6-4-3-5-7-19/h3-13,17H,14-16H2,1-2H3. The first-order valence-electron chi connectivity index (χ1n) is 10.4. The van der Waals surface area contributed by atoms with E-state index < -0.39 is 9.84 Å². The van der Waals surface area contributed by atoms with Gasteiger partial charge in [0.2, 0.25) is 0 Å². The van der Waals surface area contributed by atoms with E-state index in [2.05, 4.69) is 4.99 Å². The molecule has 0 aliphatic heterocycles. The molecule has 0 N–H and O–H groups in total. The summed E-state index contributed by atoms with van der Waals surface area (Å²) in [6.45, 7) is 0.953. The molecule has 0 aliphatic rings. The first-order chi connectivity index (χ1) is 15.8. The zero-order chi connectivity index (χ0) is 23.4. The quantitative estimate of drug-likeness (QED) is 0.399. The summed E-state index contributed by atoms with van der Waals surface area (Å²) in [5.41, 5.74) is 3.92. The van der Waals surface area contributed by atoms with Gasteiger partial charge in [-0.15, -0.1) is 0 Å². The van der Waals surface area contributed by atoms with E-state index in [1.807, 2.05) is 59.2 Å². The molecule has 1 amide bonds. The van der Waals surface area contributed by atoms with E-state index in [1.165, 1.54) is 17.6 Å². The number of rotatable bonds is 7. The van der Waals surface area contributed by atoms with Gasteiger partial charge in [0, 0.05) is 19.9 Å². The average molecular weight is 481 g/mol. The average Bonchev–Trinajstić information content (AvgIpc) is 3.14. The Balaban J connectivity index is 1.63. The fourth-order valence-electron chi connectivity index (χ4n) is 3.53. The second-order valence-electron chi connectivity index (χ2n) is 7.68. The van der Waals surface area contributed by atoms with Gasteiger partial charge in [-0.3, -0.25) is 4.79 Å². The third-order valence-corrected chi connectivity index (χ3v) is 7.39. The van der Waals surface area contributed by atoms with Gasteiger partial charge in [0.15, 0.2) is 14.6 Å². The van der Waals surface area contributed by atoms with Crippen molar-refractivity contribution in [3.63, 3.8) is 0 Å². The number of amides is 1. The first kappa shape index (κ1) is 23.1. The van der Waals surface area contributed by atoms with Crippen LogP contribution in [-0.4, -0.2) is 38.9 Å². The van der Waals surface area contributed by atoms with Crippen LogP contribution in [0.3, 0.4) is 0 Å². The lowest BCUT2D eigenvalue weighted by Crippen LogP contribution is -2.19. The Bertz CT molecular complexity index is 1450. The Labute approximate surface area is 196 Å². The van der Waals surface area contributed by atoms with Gasteiger partial charge < -0.3 is 9.30 Å². The zero-order valence-corrected chi connectivity index (χ0v) is 20.0. The topological polar surface area (TPSA) is 77.7 Å². The van der Waals surface area contributed by atoms with E-state index in [1.54, 1.807) is 25.3 Å². The molecular weight excluding hydrogens is 456 g/mol. The van der Waals surface area contributed by atoms with E-state index in [-0.39, 0.29) is 17.2 Å². The molecule has 1 heterocycles. The Morgan fingerprint density at radius 3 is 2.36 bits per heavy atom. The summed E-state index contributed by atoms with van der Waals surface area (Å²) in [4.78, 5) is 17.9. The minimum Gasteiger partial charge on any atom is -0.383 e. The number of ether oxygens (including phenoxy) is 1. The molecule has 0 atom stereocenters. The minimum atomic E-state index is -3.33. The SMILES string of the molecule is COCCn1c(=NC(=O)Cc2ccc(-c3ccccc3)cc2)sc2cc(S(C)(=O)=O)ccc21. The van der Waals surface area contributed by atoms with E-state index in [9.17, 15) is 13.2 Å². The summed E-state index contributed by atoms with van der Waals surface area (Å²) >= 11 is 1.30. The molecule has 0 aliphatic carbocycles. The number of nitrogens with zero attached hydrogens (tertiary/aromatic N) is 2. The molecule has 4 aromatic rings. The maximum Gasteiger partial charge on any atom is 0.252 e. The summed E-state index contributed by atoms with van der Waals surface area (Å²) in [6, 6.07) is 22.9. The molecule has 33 heavy (non-hydrogen) atoms. The molecule has 0 spiro atoms. The second-order valence-corrected chi connectivity index (χ2v) is 10.7. The predicted molar refractivity (Wildman–Crippen MR) is 131 cm³/mol. The number of carbonyl (C=O) groups excluding carboxylic acids is 1. The lowest BCUT2D eigenvalue weighted by atomic mass is 10.0. The molecule has 0 saturated heterocycles. The maximum atomic E-state index is 12.8. The van der Waals surface area contributed by atoms with Crippen molar-refractivity contribution in [1.29, 1.82) is 0 Å². The zero-order valence-electron chi connectivity index (χ0n) is 18.4. The number of methoxy groups -OCH3 is 1. The van der Waals surface area contributed by atoms with Gasteiger partial charge in [0.1, 0.15) is 0 Å². The van der Waals surface area contributed by atoms with Crippen LogP contribution in [0, 0.1) is 0 Å². The van der Waals surface area contributed by atoms with Crippen molar-refractivity contribution in [2.45, 2.75) is 17.9 Å². The first-order valence-corrected chi connectivity index (χ1v) is 13.1. The van der Waals surface area contributed by atoms with Crippen LogP contribution in [0.25, 0.3) is 21.3 Å². The summed E-state index contributed by atoms with van der Waals surface area (Å²) in [6.07, 6.45) is 1.36. The normalized spacial score (nSPS) is 12.4. The van der Waals surface area contributed by atoms with Crippen molar-refractivity contribution in [2.75, 3.05) is 20.0 Å². The summed E-state index contributed by atoms with van der Waals surface area (Å²) in [5, 5.41) is 0. The van der Waals surface area contributed by atoms with Gasteiger partial charge in [0.25, 0.3) is 5.91 Å². The number of benzene rings is 3. The van der Waals surface area contributed by atoms with Crippen molar-refractivity contribution >= 4 is 37.3 Å². The van der Waals surface area contributed by atoms with Crippen molar-refractivity contribution in [3.05, 3.63) is 83.2 Å². The Hall–Kier alpha value is -3.07. The molecule has 4 rings (SSSR count). The molecule has 8 heteroatoms. The number of sulfone groups is 1. The van der Waals surface area contributed by atoms with Gasteiger partial charge in [-0.05, 0) is 34.9 Å². The molecule has 1 aromatic heterocycles. The number of carbonyl (C=O) groups is 1. The number of fused-ring (bicyclic) bond motifs is 1. The van der Waals surface area contributed by atoms with Crippen molar-refractivity contribution in [1.82, 2.24) is 4.57 Å². The molecule has 0 fully saturated rings. The molecule has 0 bridgehead atoms. The third-order valence-electron chi connectivity index (χ3n) is 5.24. The van der Waals surface area contributed by atoms with Crippen LogP contribution in [0.15, 0.2) is 82.7 Å². The van der Waals surface area contributed by atoms with Crippen LogP contribution in [0.1, 0.15) is 5.56 Å². The molecule has 170 valence electrons. The van der Waals surface area contributed by atoms with Crippen LogP contribution >= 0.6 is 11.3 Å². The fraction of sp³-hybridized carbons (Fsp3) is 0.200. The highest BCUT2D eigenvalue weighted by Gasteiger charge is 2.13. The molecule has 0 saturated carbocycles. The Morgan fingerprint density at radius 1 is 1.00 bits per heavy atom. The smallest absolute Gasteiger partial charge is 0.252 e. The summed E-state index contributed by atoms with van der Waals surface area (Å²) in [5.74, 6) is -0.261. The van der Waals surface area contributed by atoms with Gasteiger partial charge in [-0.25, -0.2) is 8.42 Å². The Morgan fingerprint density at radius 2 is 1.70 bits per heavy atom. The van der Waals surface area contributed by atoms with E-state index in [4.69, 9.17) is 4.74 Å². The van der Waals surface area contributed by atoms with E-state index in [0.717, 1.165) is 26.9 Å². The number of thiazole rings is 1. The second kappa shape index (κ2) is 9.82. The predicted octanol–water partition coefficient (Wildman–Crippen LogP) is 4.09. The lowest BCUT2D eigenvalue weighted by molar-refractivity contribution is -0.117. The summed E-state index contributed by atoms with van der Waals surface area (Å²) in [7, 11) is -1.72. The molecular formula is C25H24N2O4S2. The monoisotopic (exact) mass is 480 g/mol. The van der Waals surface area contributed by atoms with Gasteiger partial charge >= 0.3 is 0 Å². The number of hydrogen-bond donors (Lipinski definition) is 0. The fourth-order valence-corrected chi connectivity index (χ4v) is 5.37. The largest absolute Gasteiger partial charge is 0.383 e. The molecule has 3 aromatic carbocycles. The van der Waals surface area contributed by atoms with Gasteiger partial charge in [0.05, 0.1) is 28.1 Å². The lowest BCUT2D eigenvalue weighted by Gasteiger charge is -2.05. The van der Waals surface area contributed by atoms with Crippen LogP contribution < -0.4 is 4.80 Å². The van der Waals surface area contributed by atoms with Crippen LogP contribution in [-0.2, 0) is 32.3 Å². The molecule has 6 nitrogen and oxygen atoms in total. The molecule has 0 unspecified atom stereocenters. The number of aromatic nitrogens is 1. The van der Waals surface area contributed by atoms with Crippen LogP contribution in [0.2, 0.25) is 0 Å². The molecule has 0 radical (unpaired) electrons. The van der Waals surface area contributed by atoms with E-state index in [0.29, 0.717) is 18.0 Å². The Kier molecular flexibility index (Phi) is 6.88. The minimum absolute atomic E-state index is 0.183. The van der Waals surface area contributed by atoms with Gasteiger partial charge in [-0.1, -0.05) is 65.9 Å². The highest BCUT2D eigenvalue weighted by Crippen LogP contribution is 2.22. The third kappa shape index (κ3) is 5.47. The van der Waals surface area contributed by atoms with Crippen LogP contribution in [0.5, 0.6) is 0 Å².